The average Bonchev–Trinajstić information content (AvgIpc) is 2.82. The van der Waals surface area contributed by atoms with Crippen LogP contribution in [0.4, 0.5) is 9.93 Å². The number of nitrogens with one attached hydrogen (secondary N) is 2. The summed E-state index contributed by atoms with van der Waals surface area (Å²) in [5.41, 5.74) is 1.96. The van der Waals surface area contributed by atoms with Crippen LogP contribution in [0, 0.1) is 13.8 Å². The van der Waals surface area contributed by atoms with Crippen LogP contribution in [-0.2, 0) is 0 Å². The van der Waals surface area contributed by atoms with Gasteiger partial charge in [-0.05, 0) is 32.3 Å². The van der Waals surface area contributed by atoms with Gasteiger partial charge < -0.3 is 10.4 Å². The number of rotatable bonds is 6. The predicted octanol–water partition coefficient (Wildman–Crippen LogP) is 3.40. The quantitative estimate of drug-likeness (QED) is 0.764. The second-order valence-corrected chi connectivity index (χ2v) is 6.29. The number of benzene rings is 1. The molecule has 6 heteroatoms. The van der Waals surface area contributed by atoms with E-state index in [4.69, 9.17) is 5.11 Å². The number of thiazole rings is 1. The molecule has 2 aromatic rings. The molecular weight excluding hydrogens is 298 g/mol. The first-order valence-corrected chi connectivity index (χ1v) is 8.09. The summed E-state index contributed by atoms with van der Waals surface area (Å²) < 4.78 is 0. The van der Waals surface area contributed by atoms with E-state index in [1.165, 1.54) is 11.3 Å². The summed E-state index contributed by atoms with van der Waals surface area (Å²) in [6, 6.07) is 9.35. The van der Waals surface area contributed by atoms with E-state index >= 15 is 0 Å². The zero-order chi connectivity index (χ0) is 15.9. The molecule has 0 fully saturated rings. The maximum atomic E-state index is 12.2. The van der Waals surface area contributed by atoms with Crippen LogP contribution in [0.15, 0.2) is 30.3 Å². The van der Waals surface area contributed by atoms with Gasteiger partial charge in [-0.3, -0.25) is 5.32 Å². The highest BCUT2D eigenvalue weighted by atomic mass is 32.1. The molecule has 0 saturated heterocycles. The van der Waals surface area contributed by atoms with Crippen LogP contribution in [0.2, 0.25) is 0 Å². The van der Waals surface area contributed by atoms with Crippen LogP contribution in [0.5, 0.6) is 0 Å². The second-order valence-electron chi connectivity index (χ2n) is 5.09. The van der Waals surface area contributed by atoms with Gasteiger partial charge in [-0.1, -0.05) is 30.3 Å². The lowest BCUT2D eigenvalue weighted by atomic mass is 10.0. The van der Waals surface area contributed by atoms with Crippen LogP contribution in [-0.4, -0.2) is 22.7 Å². The number of carbonyl (C=O) groups is 1. The molecule has 0 aliphatic heterocycles. The van der Waals surface area contributed by atoms with E-state index in [1.54, 1.807) is 0 Å². The molecule has 0 unspecified atom stereocenters. The van der Waals surface area contributed by atoms with Crippen molar-refractivity contribution < 1.29 is 9.90 Å². The Balaban J connectivity index is 2.01. The molecule has 0 spiro atoms. The van der Waals surface area contributed by atoms with Crippen molar-refractivity contribution in [3.05, 3.63) is 46.5 Å². The summed E-state index contributed by atoms with van der Waals surface area (Å²) in [6.07, 6.45) is 1.32. The van der Waals surface area contributed by atoms with Gasteiger partial charge in [-0.2, -0.15) is 0 Å². The van der Waals surface area contributed by atoms with Crippen molar-refractivity contribution in [1.82, 2.24) is 10.3 Å². The first-order chi connectivity index (χ1) is 10.6. The largest absolute Gasteiger partial charge is 0.396 e. The van der Waals surface area contributed by atoms with Gasteiger partial charge in [-0.15, -0.1) is 11.3 Å². The highest BCUT2D eigenvalue weighted by Crippen LogP contribution is 2.22. The first kappa shape index (κ1) is 16.5. The summed E-state index contributed by atoms with van der Waals surface area (Å²) in [5.74, 6) is 0. The van der Waals surface area contributed by atoms with Crippen LogP contribution in [0.25, 0.3) is 0 Å². The molecule has 2 rings (SSSR count). The maximum Gasteiger partial charge on any atom is 0.321 e. The third kappa shape index (κ3) is 4.54. The molecule has 22 heavy (non-hydrogen) atoms. The monoisotopic (exact) mass is 319 g/mol. The lowest BCUT2D eigenvalue weighted by Gasteiger charge is -2.18. The molecule has 0 bridgehead atoms. The van der Waals surface area contributed by atoms with Crippen LogP contribution in [0.3, 0.4) is 0 Å². The van der Waals surface area contributed by atoms with Crippen LogP contribution >= 0.6 is 11.3 Å². The fourth-order valence-electron chi connectivity index (χ4n) is 2.12. The van der Waals surface area contributed by atoms with Crippen molar-refractivity contribution in [2.75, 3.05) is 11.9 Å². The van der Waals surface area contributed by atoms with Gasteiger partial charge in [0, 0.05) is 11.5 Å². The minimum Gasteiger partial charge on any atom is -0.396 e. The molecule has 0 aliphatic rings. The molecule has 1 heterocycles. The molecule has 0 radical (unpaired) electrons. The van der Waals surface area contributed by atoms with Crippen LogP contribution in [0.1, 0.15) is 35.0 Å². The number of hydrogen-bond donors (Lipinski definition) is 3. The first-order valence-electron chi connectivity index (χ1n) is 7.27. The van der Waals surface area contributed by atoms with Crippen molar-refractivity contribution in [3.63, 3.8) is 0 Å². The Hall–Kier alpha value is -1.92. The summed E-state index contributed by atoms with van der Waals surface area (Å²) in [7, 11) is 0. The van der Waals surface area contributed by atoms with E-state index in [0.29, 0.717) is 18.0 Å². The van der Waals surface area contributed by atoms with E-state index in [2.05, 4.69) is 15.6 Å². The van der Waals surface area contributed by atoms with E-state index in [1.807, 2.05) is 44.2 Å². The molecule has 3 N–H and O–H groups in total. The summed E-state index contributed by atoms with van der Waals surface area (Å²) in [5, 5.41) is 15.4. The van der Waals surface area contributed by atoms with Crippen molar-refractivity contribution >= 4 is 22.5 Å². The van der Waals surface area contributed by atoms with E-state index in [0.717, 1.165) is 16.1 Å². The van der Waals surface area contributed by atoms with Gasteiger partial charge in [0.25, 0.3) is 0 Å². The lowest BCUT2D eigenvalue weighted by molar-refractivity contribution is 0.244. The molecule has 1 atom stereocenters. The SMILES string of the molecule is Cc1nc(NC(=O)N[C@H](CCCO)c2ccccc2)sc1C. The standard InChI is InChI=1S/C16H21N3O2S/c1-11-12(2)22-16(17-11)19-15(21)18-14(9-6-10-20)13-7-4-3-5-8-13/h3-5,7-8,14,20H,6,9-10H2,1-2H3,(H2,17,18,19,21)/t14-/m1/s1. The minimum atomic E-state index is -0.277. The highest BCUT2D eigenvalue weighted by Gasteiger charge is 2.15. The zero-order valence-electron chi connectivity index (χ0n) is 12.8. The molecule has 118 valence electrons. The van der Waals surface area contributed by atoms with Crippen molar-refractivity contribution in [3.8, 4) is 0 Å². The molecular formula is C16H21N3O2S. The Morgan fingerprint density at radius 1 is 1.32 bits per heavy atom. The number of hydrogen-bond acceptors (Lipinski definition) is 4. The Bertz CT molecular complexity index is 594. The van der Waals surface area contributed by atoms with Crippen LogP contribution < -0.4 is 10.6 Å². The molecule has 1 aromatic carbocycles. The normalized spacial score (nSPS) is 12.0. The number of aryl methyl sites for hydroxylation is 2. The molecule has 0 saturated carbocycles. The number of nitrogens with zero attached hydrogens (tertiary/aromatic N) is 1. The summed E-state index contributed by atoms with van der Waals surface area (Å²) in [4.78, 5) is 17.6. The Kier molecular flexibility index (Phi) is 5.91. The Labute approximate surface area is 134 Å². The number of aromatic nitrogens is 1. The number of urea groups is 1. The second kappa shape index (κ2) is 7.91. The van der Waals surface area contributed by atoms with E-state index in [-0.39, 0.29) is 18.7 Å². The van der Waals surface area contributed by atoms with Gasteiger partial charge >= 0.3 is 6.03 Å². The topological polar surface area (TPSA) is 74.2 Å². The van der Waals surface area contributed by atoms with Crippen molar-refractivity contribution in [2.45, 2.75) is 32.7 Å². The molecule has 5 nitrogen and oxygen atoms in total. The minimum absolute atomic E-state index is 0.109. The van der Waals surface area contributed by atoms with Crippen molar-refractivity contribution in [1.29, 1.82) is 0 Å². The van der Waals surface area contributed by atoms with Gasteiger partial charge in [-0.25, -0.2) is 9.78 Å². The maximum absolute atomic E-state index is 12.2. The van der Waals surface area contributed by atoms with Gasteiger partial charge in [0.1, 0.15) is 0 Å². The average molecular weight is 319 g/mol. The number of aliphatic hydroxyl groups excluding tert-OH is 1. The number of carbonyl (C=O) groups excluding carboxylic acids is 1. The predicted molar refractivity (Wildman–Crippen MR) is 89.2 cm³/mol. The molecule has 2 amide bonds. The van der Waals surface area contributed by atoms with Crippen molar-refractivity contribution in [2.24, 2.45) is 0 Å². The summed E-state index contributed by atoms with van der Waals surface area (Å²) in [6.45, 7) is 4.00. The van der Waals surface area contributed by atoms with E-state index < -0.39 is 0 Å². The van der Waals surface area contributed by atoms with Gasteiger partial charge in [0.15, 0.2) is 5.13 Å². The fourth-order valence-corrected chi connectivity index (χ4v) is 2.93. The highest BCUT2D eigenvalue weighted by molar-refractivity contribution is 7.15. The number of anilines is 1. The van der Waals surface area contributed by atoms with Gasteiger partial charge in [0.2, 0.25) is 0 Å². The third-order valence-electron chi connectivity index (χ3n) is 3.41. The van der Waals surface area contributed by atoms with Gasteiger partial charge in [0.05, 0.1) is 11.7 Å². The molecule has 1 aromatic heterocycles. The molecule has 0 aliphatic carbocycles. The van der Waals surface area contributed by atoms with E-state index in [9.17, 15) is 4.79 Å². The zero-order valence-corrected chi connectivity index (χ0v) is 13.6. The number of aliphatic hydroxyl groups is 1. The smallest absolute Gasteiger partial charge is 0.321 e. The summed E-state index contributed by atoms with van der Waals surface area (Å²) >= 11 is 1.46. The lowest BCUT2D eigenvalue weighted by Crippen LogP contribution is -2.32. The third-order valence-corrected chi connectivity index (χ3v) is 4.40. The fraction of sp³-hybridized carbons (Fsp3) is 0.375. The Morgan fingerprint density at radius 2 is 2.05 bits per heavy atom. The Morgan fingerprint density at radius 3 is 2.64 bits per heavy atom. The number of amides is 2.